The van der Waals surface area contributed by atoms with Crippen LogP contribution in [0.15, 0.2) is 0 Å². The second kappa shape index (κ2) is 2.23. The molecule has 0 saturated carbocycles. The molecule has 9 heavy (non-hydrogen) atoms. The zero-order valence-electron chi connectivity index (χ0n) is 5.13. The van der Waals surface area contributed by atoms with E-state index >= 15 is 0 Å². The second-order valence-electron chi connectivity index (χ2n) is 2.09. The third kappa shape index (κ3) is 1.32. The predicted molar refractivity (Wildman–Crippen MR) is 30.0 cm³/mol. The Hall–Kier alpha value is -0.770. The SMILES string of the molecule is C[C@@H](O)C1COC(=O)N1. The maximum Gasteiger partial charge on any atom is 0.407 e. The Bertz CT molecular complexity index is 123. The number of aliphatic hydroxyl groups is 1. The van der Waals surface area contributed by atoms with Crippen molar-refractivity contribution < 1.29 is 14.6 Å². The fourth-order valence-electron chi connectivity index (χ4n) is 0.660. The molecule has 1 rings (SSSR count). The average Bonchev–Trinajstić information content (AvgIpc) is 2.14. The Morgan fingerprint density at radius 3 is 2.89 bits per heavy atom. The number of nitrogens with one attached hydrogen (secondary N) is 1. The van der Waals surface area contributed by atoms with Crippen LogP contribution in [-0.2, 0) is 4.74 Å². The molecule has 0 spiro atoms. The molecule has 0 aromatic heterocycles. The number of hydrogen-bond donors (Lipinski definition) is 2. The molecule has 1 aliphatic heterocycles. The summed E-state index contributed by atoms with van der Waals surface area (Å²) in [5, 5.41) is 11.3. The molecule has 4 heteroatoms. The maximum absolute atomic E-state index is 10.3. The summed E-state index contributed by atoms with van der Waals surface area (Å²) in [5.74, 6) is 0. The van der Waals surface area contributed by atoms with Gasteiger partial charge in [0.1, 0.15) is 6.61 Å². The van der Waals surface area contributed by atoms with Crippen molar-refractivity contribution in [2.45, 2.75) is 19.1 Å². The molecule has 0 aromatic rings. The van der Waals surface area contributed by atoms with Crippen LogP contribution in [-0.4, -0.2) is 30.0 Å². The largest absolute Gasteiger partial charge is 0.447 e. The van der Waals surface area contributed by atoms with E-state index in [1.54, 1.807) is 6.92 Å². The maximum atomic E-state index is 10.3. The zero-order chi connectivity index (χ0) is 6.85. The van der Waals surface area contributed by atoms with E-state index in [0.29, 0.717) is 0 Å². The Labute approximate surface area is 52.8 Å². The van der Waals surface area contributed by atoms with E-state index in [2.05, 4.69) is 10.1 Å². The number of aliphatic hydroxyl groups excluding tert-OH is 1. The number of hydrogen-bond acceptors (Lipinski definition) is 3. The van der Waals surface area contributed by atoms with Gasteiger partial charge in [-0.2, -0.15) is 0 Å². The quantitative estimate of drug-likeness (QED) is 0.503. The van der Waals surface area contributed by atoms with Crippen molar-refractivity contribution in [3.8, 4) is 0 Å². The topological polar surface area (TPSA) is 58.6 Å². The van der Waals surface area contributed by atoms with Crippen molar-refractivity contribution in [3.05, 3.63) is 0 Å². The highest BCUT2D eigenvalue weighted by molar-refractivity contribution is 5.69. The van der Waals surface area contributed by atoms with Crippen molar-refractivity contribution in [2.75, 3.05) is 6.61 Å². The Morgan fingerprint density at radius 2 is 2.67 bits per heavy atom. The number of ether oxygens (including phenoxy) is 1. The van der Waals surface area contributed by atoms with Gasteiger partial charge < -0.3 is 15.2 Å². The van der Waals surface area contributed by atoms with E-state index in [1.165, 1.54) is 0 Å². The lowest BCUT2D eigenvalue weighted by Gasteiger charge is -2.08. The van der Waals surface area contributed by atoms with Crippen molar-refractivity contribution in [2.24, 2.45) is 0 Å². The summed E-state index contributed by atoms with van der Waals surface area (Å²) in [7, 11) is 0. The molecule has 1 saturated heterocycles. The van der Waals surface area contributed by atoms with Crippen molar-refractivity contribution in [3.63, 3.8) is 0 Å². The first-order valence-corrected chi connectivity index (χ1v) is 2.81. The number of cyclic esters (lactones) is 1. The highest BCUT2D eigenvalue weighted by Gasteiger charge is 2.25. The smallest absolute Gasteiger partial charge is 0.407 e. The fourth-order valence-corrected chi connectivity index (χ4v) is 0.660. The first kappa shape index (κ1) is 6.35. The standard InChI is InChI=1S/C5H9NO3/c1-3(7)4-2-9-5(8)6-4/h3-4,7H,2H2,1H3,(H,6,8)/t3-,4?/m1/s1. The van der Waals surface area contributed by atoms with Crippen LogP contribution in [0.3, 0.4) is 0 Å². The third-order valence-electron chi connectivity index (χ3n) is 1.28. The van der Waals surface area contributed by atoms with E-state index in [1.807, 2.05) is 0 Å². The molecule has 1 heterocycles. The summed E-state index contributed by atoms with van der Waals surface area (Å²) in [6.45, 7) is 1.89. The van der Waals surface area contributed by atoms with Crippen LogP contribution in [0, 0.1) is 0 Å². The number of alkyl carbamates (subject to hydrolysis) is 1. The summed E-state index contributed by atoms with van der Waals surface area (Å²) in [6, 6.07) is -0.225. The van der Waals surface area contributed by atoms with Crippen LogP contribution in [0.25, 0.3) is 0 Å². The van der Waals surface area contributed by atoms with Gasteiger partial charge >= 0.3 is 6.09 Å². The van der Waals surface area contributed by atoms with Crippen LogP contribution in [0.1, 0.15) is 6.92 Å². The van der Waals surface area contributed by atoms with Gasteiger partial charge in [-0.1, -0.05) is 0 Å². The highest BCUT2D eigenvalue weighted by Crippen LogP contribution is 2.00. The van der Waals surface area contributed by atoms with Crippen LogP contribution in [0.2, 0.25) is 0 Å². The number of amides is 1. The molecule has 1 unspecified atom stereocenters. The lowest BCUT2D eigenvalue weighted by atomic mass is 10.2. The van der Waals surface area contributed by atoms with Gasteiger partial charge in [0, 0.05) is 0 Å². The normalized spacial score (nSPS) is 29.1. The van der Waals surface area contributed by atoms with Gasteiger partial charge in [0.15, 0.2) is 0 Å². The first-order valence-electron chi connectivity index (χ1n) is 2.81. The summed E-state index contributed by atoms with van der Waals surface area (Å²) >= 11 is 0. The molecular formula is C5H9NO3. The predicted octanol–water partition coefficient (Wildman–Crippen LogP) is -0.524. The molecule has 4 nitrogen and oxygen atoms in total. The minimum atomic E-state index is -0.531. The van der Waals surface area contributed by atoms with Gasteiger partial charge in [0.25, 0.3) is 0 Å². The van der Waals surface area contributed by atoms with Gasteiger partial charge in [0.2, 0.25) is 0 Å². The monoisotopic (exact) mass is 131 g/mol. The van der Waals surface area contributed by atoms with Crippen molar-refractivity contribution >= 4 is 6.09 Å². The number of carbonyl (C=O) groups is 1. The van der Waals surface area contributed by atoms with Crippen LogP contribution < -0.4 is 5.32 Å². The van der Waals surface area contributed by atoms with Crippen LogP contribution in [0.5, 0.6) is 0 Å². The number of carbonyl (C=O) groups excluding carboxylic acids is 1. The van der Waals surface area contributed by atoms with Crippen molar-refractivity contribution in [1.29, 1.82) is 0 Å². The average molecular weight is 131 g/mol. The molecule has 0 aliphatic carbocycles. The molecule has 2 N–H and O–H groups in total. The van der Waals surface area contributed by atoms with Gasteiger partial charge in [-0.3, -0.25) is 0 Å². The summed E-state index contributed by atoms with van der Waals surface area (Å²) < 4.78 is 4.52. The summed E-state index contributed by atoms with van der Waals surface area (Å²) in [5.41, 5.74) is 0. The minimum Gasteiger partial charge on any atom is -0.447 e. The Balaban J connectivity index is 2.39. The number of rotatable bonds is 1. The fraction of sp³-hybridized carbons (Fsp3) is 0.800. The van der Waals surface area contributed by atoms with Gasteiger partial charge in [-0.15, -0.1) is 0 Å². The zero-order valence-corrected chi connectivity index (χ0v) is 5.13. The Kier molecular flexibility index (Phi) is 1.57. The molecule has 1 aliphatic rings. The molecule has 0 aromatic carbocycles. The Morgan fingerprint density at radius 1 is 2.00 bits per heavy atom. The van der Waals surface area contributed by atoms with Gasteiger partial charge in [-0.25, -0.2) is 4.79 Å². The second-order valence-corrected chi connectivity index (χ2v) is 2.09. The lowest BCUT2D eigenvalue weighted by Crippen LogP contribution is -2.35. The van der Waals surface area contributed by atoms with Crippen molar-refractivity contribution in [1.82, 2.24) is 5.32 Å². The molecule has 52 valence electrons. The van der Waals surface area contributed by atoms with E-state index < -0.39 is 12.2 Å². The minimum absolute atomic E-state index is 0.225. The van der Waals surface area contributed by atoms with E-state index in [0.717, 1.165) is 0 Å². The molecular weight excluding hydrogens is 122 g/mol. The van der Waals surface area contributed by atoms with E-state index in [4.69, 9.17) is 5.11 Å². The highest BCUT2D eigenvalue weighted by atomic mass is 16.6. The van der Waals surface area contributed by atoms with E-state index in [9.17, 15) is 4.79 Å². The summed E-state index contributed by atoms with van der Waals surface area (Å²) in [6.07, 6.45) is -0.975. The van der Waals surface area contributed by atoms with Gasteiger partial charge in [-0.05, 0) is 6.92 Å². The third-order valence-corrected chi connectivity index (χ3v) is 1.28. The lowest BCUT2D eigenvalue weighted by molar-refractivity contribution is 0.139. The van der Waals surface area contributed by atoms with Crippen LogP contribution >= 0.6 is 0 Å². The molecule has 2 atom stereocenters. The molecule has 0 radical (unpaired) electrons. The summed E-state index contributed by atoms with van der Waals surface area (Å²) in [4.78, 5) is 10.3. The van der Waals surface area contributed by atoms with Gasteiger partial charge in [0.05, 0.1) is 12.1 Å². The molecule has 1 fully saturated rings. The molecule has 0 bridgehead atoms. The molecule has 1 amide bonds. The first-order chi connectivity index (χ1) is 4.20. The van der Waals surface area contributed by atoms with E-state index in [-0.39, 0.29) is 12.6 Å². The van der Waals surface area contributed by atoms with Crippen LogP contribution in [0.4, 0.5) is 4.79 Å².